The summed E-state index contributed by atoms with van der Waals surface area (Å²) in [5, 5.41) is 10.8. The van der Waals surface area contributed by atoms with Gasteiger partial charge in [-0.25, -0.2) is 9.78 Å². The average Bonchev–Trinajstić information content (AvgIpc) is 3.82. The first-order valence-corrected chi connectivity index (χ1v) is 16.2. The lowest BCUT2D eigenvalue weighted by molar-refractivity contribution is 0.0696. The Labute approximate surface area is 268 Å². The van der Waals surface area contributed by atoms with E-state index in [1.54, 1.807) is 12.1 Å². The van der Waals surface area contributed by atoms with Gasteiger partial charge in [-0.1, -0.05) is 65.7 Å². The lowest BCUT2D eigenvalue weighted by Crippen LogP contribution is -2.34. The smallest absolute Gasteiger partial charge is 0.335 e. The zero-order chi connectivity index (χ0) is 30.2. The highest BCUT2D eigenvalue weighted by molar-refractivity contribution is 6.30. The van der Waals surface area contributed by atoms with Gasteiger partial charge in [0.1, 0.15) is 5.82 Å². The van der Waals surface area contributed by atoms with Crippen molar-refractivity contribution < 1.29 is 9.90 Å². The predicted octanol–water partition coefficient (Wildman–Crippen LogP) is 9.01. The summed E-state index contributed by atoms with van der Waals surface area (Å²) in [6.45, 7) is 3.78. The van der Waals surface area contributed by atoms with Gasteiger partial charge in [-0.3, -0.25) is 4.90 Å². The van der Waals surface area contributed by atoms with E-state index in [0.717, 1.165) is 60.1 Å². The number of carboxylic acids is 1. The van der Waals surface area contributed by atoms with Crippen molar-refractivity contribution in [2.75, 3.05) is 13.1 Å². The Kier molecular flexibility index (Phi) is 8.19. The van der Waals surface area contributed by atoms with Gasteiger partial charge in [0.05, 0.1) is 16.6 Å². The third-order valence-electron chi connectivity index (χ3n) is 9.21. The molecule has 7 heteroatoms. The van der Waals surface area contributed by atoms with Gasteiger partial charge in [0.25, 0.3) is 0 Å². The summed E-state index contributed by atoms with van der Waals surface area (Å²) in [5.74, 6) is 1.53. The van der Waals surface area contributed by atoms with Crippen LogP contribution in [-0.4, -0.2) is 38.6 Å². The molecular weight excluding hydrogens is 589 g/mol. The fourth-order valence-corrected chi connectivity index (χ4v) is 6.97. The zero-order valence-corrected chi connectivity index (χ0v) is 26.0. The van der Waals surface area contributed by atoms with Crippen LogP contribution in [0.1, 0.15) is 76.0 Å². The minimum atomic E-state index is -0.875. The predicted molar refractivity (Wildman–Crippen MR) is 177 cm³/mol. The number of aromatic carboxylic acids is 1. The van der Waals surface area contributed by atoms with Crippen molar-refractivity contribution in [2.24, 2.45) is 5.92 Å². The normalized spacial score (nSPS) is 16.2. The first kappa shape index (κ1) is 29.1. The van der Waals surface area contributed by atoms with Crippen molar-refractivity contribution in [1.29, 1.82) is 0 Å². The molecule has 7 rings (SSSR count). The lowest BCUT2D eigenvalue weighted by atomic mass is 9.85. The Balaban J connectivity index is 1.15. The highest BCUT2D eigenvalue weighted by Crippen LogP contribution is 2.42. The SMILES string of the molecule is O=C(O)c1cccc(CN2CCC(Cn3c(C4CC4)nc4ccc(C(c5ccc(Cl)cc5)c5ccc(Cl)cc5)cc43)CC2)c1. The number of piperidine rings is 1. The van der Waals surface area contributed by atoms with Gasteiger partial charge in [0.15, 0.2) is 0 Å². The minimum absolute atomic E-state index is 0.0459. The molecule has 0 unspecified atom stereocenters. The van der Waals surface area contributed by atoms with Crippen molar-refractivity contribution in [2.45, 2.75) is 50.6 Å². The van der Waals surface area contributed by atoms with Crippen molar-refractivity contribution in [3.63, 3.8) is 0 Å². The van der Waals surface area contributed by atoms with Gasteiger partial charge in [-0.05, 0) is 115 Å². The van der Waals surface area contributed by atoms with Crippen LogP contribution in [0.25, 0.3) is 11.0 Å². The molecule has 1 saturated carbocycles. The van der Waals surface area contributed by atoms with E-state index in [1.165, 1.54) is 40.9 Å². The molecular formula is C37H35Cl2N3O2. The molecule has 4 aromatic carbocycles. The second-order valence-corrected chi connectivity index (χ2v) is 13.2. The number of carboxylic acid groups (broad SMARTS) is 1. The molecule has 0 atom stereocenters. The molecule has 1 aromatic heterocycles. The molecule has 0 radical (unpaired) electrons. The first-order chi connectivity index (χ1) is 21.4. The highest BCUT2D eigenvalue weighted by atomic mass is 35.5. The summed E-state index contributed by atoms with van der Waals surface area (Å²) >= 11 is 12.5. The maximum atomic E-state index is 11.4. The second-order valence-electron chi connectivity index (χ2n) is 12.4. The van der Waals surface area contributed by atoms with Crippen LogP contribution in [0.2, 0.25) is 10.0 Å². The monoisotopic (exact) mass is 623 g/mol. The fraction of sp³-hybridized carbons (Fsp3) is 0.297. The van der Waals surface area contributed by atoms with Crippen LogP contribution < -0.4 is 0 Å². The maximum absolute atomic E-state index is 11.4. The number of hydrogen-bond acceptors (Lipinski definition) is 3. The molecule has 5 aromatic rings. The molecule has 2 fully saturated rings. The van der Waals surface area contributed by atoms with Crippen molar-refractivity contribution in [3.8, 4) is 0 Å². The van der Waals surface area contributed by atoms with Crippen LogP contribution in [0.15, 0.2) is 91.0 Å². The molecule has 2 aliphatic rings. The molecule has 224 valence electrons. The van der Waals surface area contributed by atoms with E-state index in [0.29, 0.717) is 17.4 Å². The number of benzene rings is 4. The Bertz CT molecular complexity index is 1740. The number of hydrogen-bond donors (Lipinski definition) is 1. The molecule has 1 N–H and O–H groups in total. The molecule has 0 spiro atoms. The topological polar surface area (TPSA) is 58.4 Å². The molecule has 0 amide bonds. The number of halogens is 2. The van der Waals surface area contributed by atoms with Gasteiger partial charge < -0.3 is 9.67 Å². The van der Waals surface area contributed by atoms with E-state index in [-0.39, 0.29) is 5.92 Å². The average molecular weight is 625 g/mol. The van der Waals surface area contributed by atoms with Crippen LogP contribution in [0.4, 0.5) is 0 Å². The third-order valence-corrected chi connectivity index (χ3v) is 9.72. The molecule has 5 nitrogen and oxygen atoms in total. The first-order valence-electron chi connectivity index (χ1n) is 15.5. The molecule has 1 aliphatic carbocycles. The Morgan fingerprint density at radius 3 is 2.07 bits per heavy atom. The minimum Gasteiger partial charge on any atom is -0.478 e. The summed E-state index contributed by atoms with van der Waals surface area (Å²) in [6.07, 6.45) is 4.64. The summed E-state index contributed by atoms with van der Waals surface area (Å²) in [6, 6.07) is 30.4. The molecule has 2 heterocycles. The number of fused-ring (bicyclic) bond motifs is 1. The van der Waals surface area contributed by atoms with Crippen LogP contribution in [0.3, 0.4) is 0 Å². The van der Waals surface area contributed by atoms with Crippen LogP contribution >= 0.6 is 23.2 Å². The maximum Gasteiger partial charge on any atom is 0.335 e. The number of rotatable bonds is 9. The number of likely N-dealkylation sites (tertiary alicyclic amines) is 1. The quantitative estimate of drug-likeness (QED) is 0.166. The molecule has 0 bridgehead atoms. The fourth-order valence-electron chi connectivity index (χ4n) is 6.72. The summed E-state index contributed by atoms with van der Waals surface area (Å²) in [7, 11) is 0. The van der Waals surface area contributed by atoms with E-state index in [1.807, 2.05) is 36.4 Å². The van der Waals surface area contributed by atoms with E-state index in [2.05, 4.69) is 51.9 Å². The van der Waals surface area contributed by atoms with E-state index in [9.17, 15) is 9.90 Å². The van der Waals surface area contributed by atoms with Crippen molar-refractivity contribution >= 4 is 40.2 Å². The Morgan fingerprint density at radius 2 is 1.45 bits per heavy atom. The second kappa shape index (κ2) is 12.4. The molecule has 44 heavy (non-hydrogen) atoms. The number of nitrogens with zero attached hydrogens (tertiary/aromatic N) is 3. The van der Waals surface area contributed by atoms with E-state index < -0.39 is 5.97 Å². The third kappa shape index (κ3) is 6.28. The largest absolute Gasteiger partial charge is 0.478 e. The van der Waals surface area contributed by atoms with Gasteiger partial charge in [0.2, 0.25) is 0 Å². The Hall–Kier alpha value is -3.64. The highest BCUT2D eigenvalue weighted by Gasteiger charge is 2.31. The molecule has 1 aliphatic heterocycles. The standard InChI is InChI=1S/C37H35Cl2N3O2/c38-31-11-6-26(7-12-31)35(27-8-13-32(39)14-9-27)29-10-15-33-34(21-29)42(36(40-33)28-4-5-28)23-24-16-18-41(19-17-24)22-25-2-1-3-30(20-25)37(43)44/h1-3,6-15,20-21,24,28,35H,4-5,16-19,22-23H2,(H,43,44). The molecule has 1 saturated heterocycles. The zero-order valence-electron chi connectivity index (χ0n) is 24.5. The Morgan fingerprint density at radius 1 is 0.818 bits per heavy atom. The van der Waals surface area contributed by atoms with Crippen LogP contribution in [0.5, 0.6) is 0 Å². The summed E-state index contributed by atoms with van der Waals surface area (Å²) in [4.78, 5) is 19.0. The summed E-state index contributed by atoms with van der Waals surface area (Å²) < 4.78 is 2.52. The van der Waals surface area contributed by atoms with Crippen LogP contribution in [-0.2, 0) is 13.1 Å². The van der Waals surface area contributed by atoms with Gasteiger partial charge in [-0.2, -0.15) is 0 Å². The lowest BCUT2D eigenvalue weighted by Gasteiger charge is -2.32. The number of imidazole rings is 1. The number of carbonyl (C=O) groups is 1. The van der Waals surface area contributed by atoms with Crippen molar-refractivity contribution in [3.05, 3.63) is 135 Å². The van der Waals surface area contributed by atoms with E-state index >= 15 is 0 Å². The van der Waals surface area contributed by atoms with Crippen LogP contribution in [0, 0.1) is 5.92 Å². The van der Waals surface area contributed by atoms with E-state index in [4.69, 9.17) is 28.2 Å². The summed E-state index contributed by atoms with van der Waals surface area (Å²) in [5.41, 5.74) is 7.29. The van der Waals surface area contributed by atoms with Crippen molar-refractivity contribution in [1.82, 2.24) is 14.5 Å². The van der Waals surface area contributed by atoms with Gasteiger partial charge in [-0.15, -0.1) is 0 Å². The number of aromatic nitrogens is 2. The van der Waals surface area contributed by atoms with Gasteiger partial charge in [0, 0.05) is 35.0 Å². The van der Waals surface area contributed by atoms with Gasteiger partial charge >= 0.3 is 5.97 Å².